The van der Waals surface area contributed by atoms with Gasteiger partial charge in [-0.25, -0.2) is 0 Å². The number of rotatable bonds is 7. The average Bonchev–Trinajstić information content (AvgIpc) is 2.56. The van der Waals surface area contributed by atoms with Crippen molar-refractivity contribution < 1.29 is 14.3 Å². The van der Waals surface area contributed by atoms with E-state index in [0.29, 0.717) is 0 Å². The molecule has 0 saturated carbocycles. The van der Waals surface area contributed by atoms with Crippen LogP contribution in [0.25, 0.3) is 0 Å². The highest BCUT2D eigenvalue weighted by Gasteiger charge is 2.14. The van der Waals surface area contributed by atoms with Crippen molar-refractivity contribution >= 4 is 33.4 Å². The van der Waals surface area contributed by atoms with Crippen LogP contribution in [0.4, 0.5) is 5.69 Å². The third-order valence-corrected chi connectivity index (χ3v) is 4.54. The highest BCUT2D eigenvalue weighted by molar-refractivity contribution is 9.10. The number of hydrogen-bond donors (Lipinski definition) is 1. The number of amides is 2. The van der Waals surface area contributed by atoms with Crippen LogP contribution in [0, 0.1) is 20.8 Å². The van der Waals surface area contributed by atoms with Crippen LogP contribution in [0.3, 0.4) is 0 Å². The van der Waals surface area contributed by atoms with Crippen molar-refractivity contribution in [2.45, 2.75) is 27.2 Å². The molecule has 2 amide bonds. The molecule has 0 bridgehead atoms. The van der Waals surface area contributed by atoms with E-state index in [1.165, 1.54) is 4.90 Å². The quantitative estimate of drug-likeness (QED) is 0.711. The Morgan fingerprint density at radius 2 is 1.74 bits per heavy atom. The number of likely N-dealkylation sites (N-methyl/N-ethyl adjacent to an activating group) is 1. The van der Waals surface area contributed by atoms with Crippen molar-refractivity contribution in [2.75, 3.05) is 25.5 Å². The molecule has 2 aromatic carbocycles. The van der Waals surface area contributed by atoms with E-state index in [1.54, 1.807) is 7.05 Å². The number of nitrogens with one attached hydrogen (secondary N) is 1. The monoisotopic (exact) mass is 432 g/mol. The molecular formula is C21H25BrN2O3. The second-order valence-electron chi connectivity index (χ2n) is 6.68. The van der Waals surface area contributed by atoms with Gasteiger partial charge in [0, 0.05) is 17.2 Å². The first-order chi connectivity index (χ1) is 12.7. The van der Waals surface area contributed by atoms with Gasteiger partial charge >= 0.3 is 0 Å². The van der Waals surface area contributed by atoms with Crippen LogP contribution in [0.5, 0.6) is 5.75 Å². The zero-order valence-corrected chi connectivity index (χ0v) is 17.7. The van der Waals surface area contributed by atoms with Gasteiger partial charge in [-0.3, -0.25) is 9.59 Å². The van der Waals surface area contributed by atoms with Gasteiger partial charge in [-0.1, -0.05) is 22.0 Å². The standard InChI is InChI=1S/C21H25BrN2O3/c1-14-9-15(2)11-18(10-14)27-8-7-21(26)24(4)13-20(25)23-19-6-5-17(22)12-16(19)3/h5-6,9-12H,7-8,13H2,1-4H3,(H,23,25). The summed E-state index contributed by atoms with van der Waals surface area (Å²) >= 11 is 3.39. The molecule has 0 saturated heterocycles. The second-order valence-corrected chi connectivity index (χ2v) is 7.59. The Labute approximate surface area is 168 Å². The summed E-state index contributed by atoms with van der Waals surface area (Å²) in [6.45, 7) is 6.20. The topological polar surface area (TPSA) is 58.6 Å². The van der Waals surface area contributed by atoms with Crippen LogP contribution in [-0.2, 0) is 9.59 Å². The Balaban J connectivity index is 1.79. The Kier molecular flexibility index (Phi) is 7.42. The molecule has 0 aliphatic carbocycles. The van der Waals surface area contributed by atoms with E-state index in [0.717, 1.165) is 32.6 Å². The molecular weight excluding hydrogens is 408 g/mol. The molecule has 6 heteroatoms. The SMILES string of the molecule is Cc1cc(C)cc(OCCC(=O)N(C)CC(=O)Nc2ccc(Br)cc2C)c1. The van der Waals surface area contributed by atoms with Crippen LogP contribution >= 0.6 is 15.9 Å². The third-order valence-electron chi connectivity index (χ3n) is 4.05. The molecule has 2 aromatic rings. The Bertz CT molecular complexity index is 816. The predicted octanol–water partition coefficient (Wildman–Crippen LogP) is 4.24. The summed E-state index contributed by atoms with van der Waals surface area (Å²) in [5.74, 6) is 0.389. The molecule has 0 radical (unpaired) electrons. The van der Waals surface area contributed by atoms with Crippen LogP contribution in [-0.4, -0.2) is 36.9 Å². The van der Waals surface area contributed by atoms with Crippen molar-refractivity contribution in [3.8, 4) is 5.75 Å². The molecule has 0 unspecified atom stereocenters. The number of aryl methyl sites for hydroxylation is 3. The van der Waals surface area contributed by atoms with Gasteiger partial charge in [0.15, 0.2) is 0 Å². The van der Waals surface area contributed by atoms with Crippen molar-refractivity contribution in [2.24, 2.45) is 0 Å². The summed E-state index contributed by atoms with van der Waals surface area (Å²) in [7, 11) is 1.62. The molecule has 0 heterocycles. The van der Waals surface area contributed by atoms with Gasteiger partial charge in [0.25, 0.3) is 0 Å². The third kappa shape index (κ3) is 6.71. The first-order valence-corrected chi connectivity index (χ1v) is 9.55. The number of halogens is 1. The Hall–Kier alpha value is -2.34. The van der Waals surface area contributed by atoms with Crippen LogP contribution < -0.4 is 10.1 Å². The van der Waals surface area contributed by atoms with Gasteiger partial charge in [-0.05, 0) is 67.8 Å². The van der Waals surface area contributed by atoms with Crippen LogP contribution in [0.15, 0.2) is 40.9 Å². The van der Waals surface area contributed by atoms with Crippen LogP contribution in [0.1, 0.15) is 23.1 Å². The number of carbonyl (C=O) groups is 2. The van der Waals surface area contributed by atoms with Crippen molar-refractivity contribution in [3.05, 3.63) is 57.6 Å². The molecule has 0 aliphatic heterocycles. The summed E-state index contributed by atoms with van der Waals surface area (Å²) in [6, 6.07) is 11.6. The van der Waals surface area contributed by atoms with E-state index in [2.05, 4.69) is 27.3 Å². The van der Waals surface area contributed by atoms with E-state index in [9.17, 15) is 9.59 Å². The number of carbonyl (C=O) groups excluding carboxylic acids is 2. The number of ether oxygens (including phenoxy) is 1. The van der Waals surface area contributed by atoms with E-state index in [4.69, 9.17) is 4.74 Å². The van der Waals surface area contributed by atoms with Gasteiger partial charge < -0.3 is 15.0 Å². The zero-order chi connectivity index (χ0) is 20.0. The number of benzene rings is 2. The number of hydrogen-bond acceptors (Lipinski definition) is 3. The molecule has 144 valence electrons. The summed E-state index contributed by atoms with van der Waals surface area (Å²) in [4.78, 5) is 25.8. The average molecular weight is 433 g/mol. The molecule has 0 fully saturated rings. The molecule has 1 N–H and O–H groups in total. The first kappa shape index (κ1) is 21.0. The summed E-state index contributed by atoms with van der Waals surface area (Å²) in [5, 5.41) is 2.83. The van der Waals surface area contributed by atoms with Gasteiger partial charge in [-0.15, -0.1) is 0 Å². The summed E-state index contributed by atoms with van der Waals surface area (Å²) in [5.41, 5.74) is 3.93. The molecule has 5 nitrogen and oxygen atoms in total. The summed E-state index contributed by atoms with van der Waals surface area (Å²) in [6.07, 6.45) is 0.216. The minimum atomic E-state index is -0.230. The van der Waals surface area contributed by atoms with E-state index < -0.39 is 0 Å². The highest BCUT2D eigenvalue weighted by atomic mass is 79.9. The van der Waals surface area contributed by atoms with Gasteiger partial charge in [0.2, 0.25) is 11.8 Å². The molecule has 27 heavy (non-hydrogen) atoms. The van der Waals surface area contributed by atoms with Crippen molar-refractivity contribution in [1.29, 1.82) is 0 Å². The smallest absolute Gasteiger partial charge is 0.243 e. The fraction of sp³-hybridized carbons (Fsp3) is 0.333. The molecule has 2 rings (SSSR count). The maximum absolute atomic E-state index is 12.2. The zero-order valence-electron chi connectivity index (χ0n) is 16.1. The lowest BCUT2D eigenvalue weighted by Gasteiger charge is -2.18. The Morgan fingerprint density at radius 3 is 2.37 bits per heavy atom. The lowest BCUT2D eigenvalue weighted by molar-refractivity contribution is -0.133. The normalized spacial score (nSPS) is 10.4. The number of anilines is 1. The maximum atomic E-state index is 12.2. The molecule has 0 aliphatic rings. The maximum Gasteiger partial charge on any atom is 0.243 e. The predicted molar refractivity (Wildman–Crippen MR) is 111 cm³/mol. The minimum absolute atomic E-state index is 0.00209. The summed E-state index contributed by atoms with van der Waals surface area (Å²) < 4.78 is 6.62. The van der Waals surface area contributed by atoms with E-state index in [1.807, 2.05) is 51.1 Å². The minimum Gasteiger partial charge on any atom is -0.493 e. The van der Waals surface area contributed by atoms with Crippen molar-refractivity contribution in [1.82, 2.24) is 4.90 Å². The fourth-order valence-electron chi connectivity index (χ4n) is 2.72. The van der Waals surface area contributed by atoms with Gasteiger partial charge in [-0.2, -0.15) is 0 Å². The molecule has 0 atom stereocenters. The lowest BCUT2D eigenvalue weighted by atomic mass is 10.1. The Morgan fingerprint density at radius 1 is 1.07 bits per heavy atom. The highest BCUT2D eigenvalue weighted by Crippen LogP contribution is 2.20. The van der Waals surface area contributed by atoms with Gasteiger partial charge in [0.1, 0.15) is 5.75 Å². The molecule has 0 aromatic heterocycles. The van der Waals surface area contributed by atoms with Crippen molar-refractivity contribution in [3.63, 3.8) is 0 Å². The fourth-order valence-corrected chi connectivity index (χ4v) is 3.20. The lowest BCUT2D eigenvalue weighted by Crippen LogP contribution is -2.35. The largest absolute Gasteiger partial charge is 0.493 e. The van der Waals surface area contributed by atoms with Gasteiger partial charge in [0.05, 0.1) is 19.6 Å². The van der Waals surface area contributed by atoms with E-state index >= 15 is 0 Å². The van der Waals surface area contributed by atoms with E-state index in [-0.39, 0.29) is 31.4 Å². The second kappa shape index (κ2) is 9.55. The first-order valence-electron chi connectivity index (χ1n) is 8.75. The molecule has 0 spiro atoms. The van der Waals surface area contributed by atoms with Crippen LogP contribution in [0.2, 0.25) is 0 Å². The number of nitrogens with zero attached hydrogens (tertiary/aromatic N) is 1.